The molecule has 0 saturated carbocycles. The largest absolute Gasteiger partial charge is 0.372 e. The number of nitrogens with zero attached hydrogens (tertiary/aromatic N) is 3. The van der Waals surface area contributed by atoms with Crippen LogP contribution >= 0.6 is 0 Å². The Morgan fingerprint density at radius 3 is 2.71 bits per heavy atom. The van der Waals surface area contributed by atoms with Crippen LogP contribution in [0.5, 0.6) is 0 Å². The van der Waals surface area contributed by atoms with E-state index in [4.69, 9.17) is 15.5 Å². The lowest BCUT2D eigenvalue weighted by Gasteiger charge is -2.36. The summed E-state index contributed by atoms with van der Waals surface area (Å²) in [5.41, 5.74) is 7.91. The van der Waals surface area contributed by atoms with Crippen LogP contribution in [0.4, 0.5) is 5.82 Å². The first kappa shape index (κ1) is 18.4. The van der Waals surface area contributed by atoms with Gasteiger partial charge in [-0.25, -0.2) is 4.98 Å². The zero-order chi connectivity index (χ0) is 19.7. The van der Waals surface area contributed by atoms with Crippen LogP contribution < -0.4 is 10.6 Å². The number of aromatic nitrogens is 2. The van der Waals surface area contributed by atoms with Crippen molar-refractivity contribution in [3.63, 3.8) is 0 Å². The number of nitrogens with two attached hydrogens (primary N) is 1. The average molecular weight is 378 g/mol. The van der Waals surface area contributed by atoms with Crippen LogP contribution in [0.1, 0.15) is 21.0 Å². The van der Waals surface area contributed by atoms with E-state index in [2.05, 4.69) is 35.9 Å². The Labute approximate surface area is 165 Å². The highest BCUT2D eigenvalue weighted by Crippen LogP contribution is 2.26. The molecule has 2 aromatic heterocycles. The van der Waals surface area contributed by atoms with E-state index >= 15 is 0 Å². The van der Waals surface area contributed by atoms with E-state index in [-0.39, 0.29) is 26.0 Å². The smallest absolute Gasteiger partial charge is 0.223 e. The van der Waals surface area contributed by atoms with Crippen LogP contribution in [-0.4, -0.2) is 41.2 Å². The maximum absolute atomic E-state index is 11.2. The van der Waals surface area contributed by atoms with Gasteiger partial charge in [0.05, 0.1) is 30.0 Å². The number of benzene rings is 1. The summed E-state index contributed by atoms with van der Waals surface area (Å²) in [6.07, 6.45) is 2.29. The highest BCUT2D eigenvalue weighted by Gasteiger charge is 2.23. The number of carbonyl (C=O) groups is 1. The number of hydrogen-bond acceptors (Lipinski definition) is 5. The molecular formula is C22H26N4O2. The van der Waals surface area contributed by atoms with Crippen molar-refractivity contribution < 1.29 is 11.0 Å². The second-order valence-electron chi connectivity index (χ2n) is 7.42. The fourth-order valence-electron chi connectivity index (χ4n) is 3.75. The monoisotopic (exact) mass is 378 g/mol. The summed E-state index contributed by atoms with van der Waals surface area (Å²) in [5.74, 6) is 0.579. The summed E-state index contributed by atoms with van der Waals surface area (Å²) in [7, 11) is 0. The molecule has 146 valence electrons. The van der Waals surface area contributed by atoms with Gasteiger partial charge in [0.25, 0.3) is 0 Å². The molecule has 1 saturated heterocycles. The lowest BCUT2D eigenvalue weighted by molar-refractivity contribution is -0.117. The number of ether oxygens (including phenoxy) is 1. The molecule has 6 nitrogen and oxygen atoms in total. The fraction of sp³-hybridized carbons (Fsp3) is 0.318. The van der Waals surface area contributed by atoms with Gasteiger partial charge in [0.15, 0.2) is 0 Å². The van der Waals surface area contributed by atoms with Crippen molar-refractivity contribution in [3.05, 3.63) is 54.4 Å². The second kappa shape index (κ2) is 7.56. The highest BCUT2D eigenvalue weighted by molar-refractivity contribution is 5.87. The molecule has 6 heteroatoms. The molecule has 1 aliphatic rings. The number of hydrogen-bond donors (Lipinski definition) is 1. The average Bonchev–Trinajstić information content (AvgIpc) is 2.66. The molecule has 4 rings (SSSR count). The normalized spacial score (nSPS) is 19.7. The molecule has 3 heterocycles. The molecule has 0 bridgehead atoms. The van der Waals surface area contributed by atoms with Gasteiger partial charge >= 0.3 is 0 Å². The Kier molecular flexibility index (Phi) is 4.96. The van der Waals surface area contributed by atoms with Crippen LogP contribution in [0.25, 0.3) is 22.0 Å². The Hall–Kier alpha value is -2.99. The Bertz CT molecular complexity index is 1020. The first-order valence-electron chi connectivity index (χ1n) is 9.53. The van der Waals surface area contributed by atoms with Crippen molar-refractivity contribution in [1.29, 1.82) is 0 Å². The summed E-state index contributed by atoms with van der Waals surface area (Å²) in [6, 6.07) is 14.2. The van der Waals surface area contributed by atoms with E-state index in [1.54, 1.807) is 6.20 Å². The summed E-state index contributed by atoms with van der Waals surface area (Å²) in [6.45, 7) is 5.85. The molecule has 0 radical (unpaired) electrons. The predicted molar refractivity (Wildman–Crippen MR) is 112 cm³/mol. The minimum atomic E-state index is -0.383. The van der Waals surface area contributed by atoms with Crippen molar-refractivity contribution in [2.75, 3.05) is 18.0 Å². The van der Waals surface area contributed by atoms with Gasteiger partial charge in [0.2, 0.25) is 5.91 Å². The van der Waals surface area contributed by atoms with Crippen LogP contribution in [0.3, 0.4) is 0 Å². The zero-order valence-electron chi connectivity index (χ0n) is 16.1. The van der Waals surface area contributed by atoms with Gasteiger partial charge in [-0.3, -0.25) is 9.78 Å². The zero-order valence-corrected chi connectivity index (χ0v) is 16.1. The molecule has 0 spiro atoms. The molecular weight excluding hydrogens is 352 g/mol. The second-order valence-corrected chi connectivity index (χ2v) is 7.42. The van der Waals surface area contributed by atoms with Gasteiger partial charge in [-0.1, -0.05) is 18.2 Å². The summed E-state index contributed by atoms with van der Waals surface area (Å²) in [5, 5.41) is 2.04. The van der Waals surface area contributed by atoms with E-state index in [9.17, 15) is 4.79 Å². The molecule has 0 aliphatic carbocycles. The molecule has 1 aromatic carbocycles. The minimum Gasteiger partial charge on any atom is -0.372 e. The third kappa shape index (κ3) is 3.97. The van der Waals surface area contributed by atoms with Gasteiger partial charge in [-0.15, -0.1) is 0 Å². The van der Waals surface area contributed by atoms with Gasteiger partial charge in [0, 0.05) is 31.7 Å². The van der Waals surface area contributed by atoms with E-state index in [0.717, 1.165) is 40.9 Å². The Morgan fingerprint density at radius 2 is 1.96 bits per heavy atom. The van der Waals surface area contributed by atoms with Gasteiger partial charge in [0.1, 0.15) is 5.82 Å². The number of fused-ring (bicyclic) bond motifs is 1. The number of pyridine rings is 2. The molecule has 1 aliphatic heterocycles. The highest BCUT2D eigenvalue weighted by atomic mass is 16.5. The lowest BCUT2D eigenvalue weighted by atomic mass is 10.0. The van der Waals surface area contributed by atoms with Crippen LogP contribution in [-0.2, 0) is 16.0 Å². The number of anilines is 1. The first-order valence-corrected chi connectivity index (χ1v) is 9.53. The van der Waals surface area contributed by atoms with E-state index in [1.165, 1.54) is 0 Å². The first-order chi connectivity index (χ1) is 13.5. The molecule has 28 heavy (non-hydrogen) atoms. The molecule has 1 fully saturated rings. The third-order valence-electron chi connectivity index (χ3n) is 4.91. The summed E-state index contributed by atoms with van der Waals surface area (Å²) in [4.78, 5) is 22.7. The van der Waals surface area contributed by atoms with Crippen molar-refractivity contribution in [2.45, 2.75) is 32.5 Å². The van der Waals surface area contributed by atoms with Crippen molar-refractivity contribution in [2.24, 2.45) is 5.73 Å². The molecule has 2 N–H and O–H groups in total. The standard InChI is InChI=1S/C22H24N4O2.H2/c1-14-12-26(13-15(2)28-14)22-5-3-4-20(25-22)16-6-7-17-11-24-19(10-21(23)27)9-18(17)8-16;/h3-9,11,14-15H,10,12-13H2,1-2H3,(H2,23,27);1H/t14-,15+;. The SMILES string of the molecule is C[C@@H]1CN(c2cccc(-c3ccc4cnc(CC(N)=O)cc4c3)n2)C[C@H](C)O1.[HH]. The number of morpholine rings is 1. The lowest BCUT2D eigenvalue weighted by Crippen LogP contribution is -2.45. The van der Waals surface area contributed by atoms with Gasteiger partial charge in [-0.05, 0) is 43.5 Å². The van der Waals surface area contributed by atoms with Crippen LogP contribution in [0, 0.1) is 0 Å². The van der Waals surface area contributed by atoms with Gasteiger partial charge in [-0.2, -0.15) is 0 Å². The molecule has 3 aromatic rings. The summed E-state index contributed by atoms with van der Waals surface area (Å²) >= 11 is 0. The van der Waals surface area contributed by atoms with E-state index < -0.39 is 0 Å². The van der Waals surface area contributed by atoms with Gasteiger partial charge < -0.3 is 15.4 Å². The van der Waals surface area contributed by atoms with Crippen molar-refractivity contribution in [3.8, 4) is 11.3 Å². The number of amides is 1. The fourth-order valence-corrected chi connectivity index (χ4v) is 3.75. The van der Waals surface area contributed by atoms with Crippen molar-refractivity contribution in [1.82, 2.24) is 9.97 Å². The minimum absolute atomic E-state index is 0. The van der Waals surface area contributed by atoms with E-state index in [1.807, 2.05) is 30.3 Å². The Morgan fingerprint density at radius 1 is 1.18 bits per heavy atom. The quantitative estimate of drug-likeness (QED) is 0.754. The van der Waals surface area contributed by atoms with Crippen LogP contribution in [0.15, 0.2) is 48.7 Å². The molecule has 2 atom stereocenters. The number of primary amides is 1. The number of carbonyl (C=O) groups excluding carboxylic acids is 1. The predicted octanol–water partition coefficient (Wildman–Crippen LogP) is 3.18. The molecule has 1 amide bonds. The van der Waals surface area contributed by atoms with Crippen LogP contribution in [0.2, 0.25) is 0 Å². The summed E-state index contributed by atoms with van der Waals surface area (Å²) < 4.78 is 5.83. The maximum Gasteiger partial charge on any atom is 0.223 e. The number of rotatable bonds is 4. The molecule has 0 unspecified atom stereocenters. The topological polar surface area (TPSA) is 81.3 Å². The van der Waals surface area contributed by atoms with E-state index in [0.29, 0.717) is 5.69 Å². The third-order valence-corrected chi connectivity index (χ3v) is 4.91. The maximum atomic E-state index is 11.2. The van der Waals surface area contributed by atoms with Crippen molar-refractivity contribution >= 4 is 22.5 Å². The Balaban J connectivity index is 0.00000240.